The zero-order chi connectivity index (χ0) is 19.8. The van der Waals surface area contributed by atoms with Crippen LogP contribution >= 0.6 is 24.0 Å². The fourth-order valence-corrected chi connectivity index (χ4v) is 6.12. The van der Waals surface area contributed by atoms with Crippen molar-refractivity contribution in [2.45, 2.75) is 32.4 Å². The van der Waals surface area contributed by atoms with Crippen LogP contribution in [0.25, 0.3) is 6.08 Å². The van der Waals surface area contributed by atoms with Gasteiger partial charge in [0.25, 0.3) is 5.91 Å². The quantitative estimate of drug-likeness (QED) is 0.564. The molecule has 7 nitrogen and oxygen atoms in total. The molecule has 0 bridgehead atoms. The molecule has 0 aliphatic carbocycles. The maximum atomic E-state index is 12.9. The van der Waals surface area contributed by atoms with Crippen molar-refractivity contribution in [2.24, 2.45) is 5.92 Å². The normalized spacial score (nSPS) is 24.8. The minimum absolute atomic E-state index is 0.0667. The van der Waals surface area contributed by atoms with Crippen LogP contribution in [-0.4, -0.2) is 53.0 Å². The van der Waals surface area contributed by atoms with Gasteiger partial charge in [0, 0.05) is 12.1 Å². The van der Waals surface area contributed by atoms with Gasteiger partial charge in [0.05, 0.1) is 22.7 Å². The highest BCUT2D eigenvalue weighted by Gasteiger charge is 2.43. The molecule has 2 saturated heterocycles. The van der Waals surface area contributed by atoms with Crippen LogP contribution in [0.3, 0.4) is 0 Å². The van der Waals surface area contributed by atoms with Crippen molar-refractivity contribution in [2.75, 3.05) is 11.5 Å². The number of sulfone groups is 1. The zero-order valence-corrected chi connectivity index (χ0v) is 17.3. The number of hydrogen-bond donors (Lipinski definition) is 1. The van der Waals surface area contributed by atoms with Gasteiger partial charge in [0.15, 0.2) is 9.84 Å². The molecule has 1 aromatic rings. The Balaban J connectivity index is 1.79. The van der Waals surface area contributed by atoms with E-state index in [4.69, 9.17) is 16.6 Å². The zero-order valence-electron chi connectivity index (χ0n) is 14.9. The van der Waals surface area contributed by atoms with E-state index in [0.717, 1.165) is 11.8 Å². The van der Waals surface area contributed by atoms with E-state index >= 15 is 0 Å². The van der Waals surface area contributed by atoms with Gasteiger partial charge < -0.3 is 9.73 Å². The Morgan fingerprint density at radius 3 is 2.78 bits per heavy atom. The summed E-state index contributed by atoms with van der Waals surface area (Å²) >= 11 is 6.46. The van der Waals surface area contributed by atoms with Gasteiger partial charge in [0.1, 0.15) is 16.1 Å². The molecule has 1 N–H and O–H groups in total. The van der Waals surface area contributed by atoms with Gasteiger partial charge >= 0.3 is 0 Å². The summed E-state index contributed by atoms with van der Waals surface area (Å²) in [5, 5.41) is 2.78. The largest absolute Gasteiger partial charge is 0.465 e. The number of thioether (sulfide) groups is 1. The second-order valence-corrected chi connectivity index (χ2v) is 10.8. The van der Waals surface area contributed by atoms with Gasteiger partial charge in [-0.2, -0.15) is 0 Å². The molecule has 3 heterocycles. The number of furan rings is 1. The molecule has 0 spiro atoms. The van der Waals surface area contributed by atoms with Gasteiger partial charge in [-0.25, -0.2) is 8.42 Å². The first-order valence-corrected chi connectivity index (χ1v) is 11.5. The van der Waals surface area contributed by atoms with E-state index in [1.54, 1.807) is 18.2 Å². The lowest BCUT2D eigenvalue weighted by atomic mass is 10.0. The Kier molecular flexibility index (Phi) is 5.78. The highest BCUT2D eigenvalue weighted by molar-refractivity contribution is 8.26. The summed E-state index contributed by atoms with van der Waals surface area (Å²) in [7, 11) is -3.11. The maximum absolute atomic E-state index is 12.9. The molecule has 10 heteroatoms. The van der Waals surface area contributed by atoms with Crippen LogP contribution in [0, 0.1) is 5.92 Å². The van der Waals surface area contributed by atoms with Crippen molar-refractivity contribution in [1.29, 1.82) is 0 Å². The van der Waals surface area contributed by atoms with E-state index < -0.39 is 21.9 Å². The van der Waals surface area contributed by atoms with Gasteiger partial charge in [0.2, 0.25) is 5.91 Å². The molecule has 2 fully saturated rings. The second-order valence-electron chi connectivity index (χ2n) is 6.86. The van der Waals surface area contributed by atoms with Gasteiger partial charge in [-0.15, -0.1) is 0 Å². The number of hydrogen-bond acceptors (Lipinski definition) is 7. The Bertz CT molecular complexity index is 890. The molecule has 1 aromatic heterocycles. The average Bonchev–Trinajstić information content (AvgIpc) is 3.25. The predicted octanol–water partition coefficient (Wildman–Crippen LogP) is 1.81. The number of nitrogens with one attached hydrogen (secondary N) is 1. The SMILES string of the molecule is CC(C)[C@@H](C(=O)N[C@H]1CCS(=O)(=O)C1)N1C(=O)/C(=C\c2ccco2)SC1=S. The lowest BCUT2D eigenvalue weighted by molar-refractivity contribution is -0.134. The minimum atomic E-state index is -3.11. The molecule has 0 aromatic carbocycles. The average molecular weight is 429 g/mol. The molecule has 27 heavy (non-hydrogen) atoms. The number of carbonyl (C=O) groups is 2. The lowest BCUT2D eigenvalue weighted by Gasteiger charge is -2.29. The van der Waals surface area contributed by atoms with Crippen molar-refractivity contribution >= 4 is 56.0 Å². The maximum Gasteiger partial charge on any atom is 0.267 e. The smallest absolute Gasteiger partial charge is 0.267 e. The van der Waals surface area contributed by atoms with Gasteiger partial charge in [-0.05, 0) is 24.5 Å². The summed E-state index contributed by atoms with van der Waals surface area (Å²) < 4.78 is 28.8. The first-order chi connectivity index (χ1) is 12.7. The highest BCUT2D eigenvalue weighted by Crippen LogP contribution is 2.35. The molecule has 2 aliphatic heterocycles. The summed E-state index contributed by atoms with van der Waals surface area (Å²) in [5.74, 6) is -0.417. The van der Waals surface area contributed by atoms with E-state index in [9.17, 15) is 18.0 Å². The number of amides is 2. The van der Waals surface area contributed by atoms with E-state index in [0.29, 0.717) is 21.4 Å². The molecule has 0 radical (unpaired) electrons. The second kappa shape index (κ2) is 7.76. The summed E-state index contributed by atoms with van der Waals surface area (Å²) in [6, 6.07) is 2.20. The third-order valence-electron chi connectivity index (χ3n) is 4.40. The van der Waals surface area contributed by atoms with Crippen LogP contribution in [0.2, 0.25) is 0 Å². The monoisotopic (exact) mass is 428 g/mol. The third kappa shape index (κ3) is 4.44. The van der Waals surface area contributed by atoms with E-state index in [1.165, 1.54) is 11.2 Å². The first kappa shape index (κ1) is 20.1. The third-order valence-corrected chi connectivity index (χ3v) is 7.50. The molecule has 2 aliphatic rings. The summed E-state index contributed by atoms with van der Waals surface area (Å²) in [5.41, 5.74) is 0. The molecule has 0 saturated carbocycles. The van der Waals surface area contributed by atoms with Crippen LogP contribution in [0.5, 0.6) is 0 Å². The van der Waals surface area contributed by atoms with Crippen molar-refractivity contribution in [3.63, 3.8) is 0 Å². The van der Waals surface area contributed by atoms with Gasteiger partial charge in [-0.1, -0.05) is 37.8 Å². The van der Waals surface area contributed by atoms with Crippen LogP contribution < -0.4 is 5.32 Å². The molecule has 3 rings (SSSR count). The van der Waals surface area contributed by atoms with E-state index in [-0.39, 0.29) is 29.2 Å². The van der Waals surface area contributed by atoms with Crippen molar-refractivity contribution in [3.05, 3.63) is 29.1 Å². The highest BCUT2D eigenvalue weighted by atomic mass is 32.2. The van der Waals surface area contributed by atoms with E-state index in [1.807, 2.05) is 13.8 Å². The van der Waals surface area contributed by atoms with Crippen LogP contribution in [0.4, 0.5) is 0 Å². The Morgan fingerprint density at radius 2 is 2.22 bits per heavy atom. The molecular formula is C17H20N2O5S3. The van der Waals surface area contributed by atoms with Gasteiger partial charge in [-0.3, -0.25) is 14.5 Å². The van der Waals surface area contributed by atoms with Crippen molar-refractivity contribution in [1.82, 2.24) is 10.2 Å². The number of thiocarbonyl (C=S) groups is 1. The number of carbonyl (C=O) groups excluding carboxylic acids is 2. The summed E-state index contributed by atoms with van der Waals surface area (Å²) in [6.07, 6.45) is 3.49. The molecule has 0 unspecified atom stereocenters. The summed E-state index contributed by atoms with van der Waals surface area (Å²) in [6.45, 7) is 3.65. The molecular weight excluding hydrogens is 408 g/mol. The molecule has 146 valence electrons. The van der Waals surface area contributed by atoms with Crippen LogP contribution in [-0.2, 0) is 19.4 Å². The summed E-state index contributed by atoms with van der Waals surface area (Å²) in [4.78, 5) is 27.4. The Labute approximate surface area is 167 Å². The number of rotatable bonds is 5. The van der Waals surface area contributed by atoms with Crippen molar-refractivity contribution < 1.29 is 22.4 Å². The van der Waals surface area contributed by atoms with Crippen LogP contribution in [0.1, 0.15) is 26.0 Å². The lowest BCUT2D eigenvalue weighted by Crippen LogP contribution is -2.53. The standard InChI is InChI=1S/C17H20N2O5S3/c1-10(2)14(15(20)18-11-5-7-27(22,23)9-11)19-16(21)13(26-17(19)25)8-12-4-3-6-24-12/h3-4,6,8,10-11,14H,5,7,9H2,1-2H3,(H,18,20)/b13-8+/t11-,14-/m0/s1. The first-order valence-electron chi connectivity index (χ1n) is 8.49. The van der Waals surface area contributed by atoms with Crippen molar-refractivity contribution in [3.8, 4) is 0 Å². The Morgan fingerprint density at radius 1 is 1.48 bits per heavy atom. The fraction of sp³-hybridized carbons (Fsp3) is 0.471. The van der Waals surface area contributed by atoms with E-state index in [2.05, 4.69) is 5.32 Å². The fourth-order valence-electron chi connectivity index (χ4n) is 3.14. The molecule has 2 atom stereocenters. The number of nitrogens with zero attached hydrogens (tertiary/aromatic N) is 1. The Hall–Kier alpha value is -1.65. The van der Waals surface area contributed by atoms with Crippen LogP contribution in [0.15, 0.2) is 27.7 Å². The predicted molar refractivity (Wildman–Crippen MR) is 108 cm³/mol. The topological polar surface area (TPSA) is 96.7 Å². The minimum Gasteiger partial charge on any atom is -0.465 e. The molecule has 2 amide bonds.